The summed E-state index contributed by atoms with van der Waals surface area (Å²) in [4.78, 5) is 16.4. The van der Waals surface area contributed by atoms with Crippen molar-refractivity contribution in [2.75, 3.05) is 5.32 Å². The number of carbonyl (C=O) groups excluding carboxylic acids is 1. The van der Waals surface area contributed by atoms with Crippen LogP contribution in [0.5, 0.6) is 0 Å². The number of thiazole rings is 1. The predicted molar refractivity (Wildman–Crippen MR) is 78.7 cm³/mol. The average Bonchev–Trinajstić information content (AvgIpc) is 2.78. The number of anilines is 1. The Balaban J connectivity index is 1.87. The number of hydrogen-bond donors (Lipinski definition) is 1. The maximum atomic E-state index is 13.1. The molecule has 0 aliphatic carbocycles. The minimum Gasteiger partial charge on any atom is -0.322 e. The molecule has 3 nitrogen and oxygen atoms in total. The summed E-state index contributed by atoms with van der Waals surface area (Å²) in [6.07, 6.45) is 0. The Morgan fingerprint density at radius 2 is 2.10 bits per heavy atom. The lowest BCUT2D eigenvalue weighted by atomic mass is 10.2. The van der Waals surface area contributed by atoms with Crippen LogP contribution in [0.4, 0.5) is 10.1 Å². The smallest absolute Gasteiger partial charge is 0.255 e. The van der Waals surface area contributed by atoms with Gasteiger partial charge in [-0.2, -0.15) is 0 Å². The lowest BCUT2D eigenvalue weighted by molar-refractivity contribution is 0.102. The van der Waals surface area contributed by atoms with E-state index in [-0.39, 0.29) is 5.91 Å². The quantitative estimate of drug-likeness (QED) is 0.773. The van der Waals surface area contributed by atoms with Crippen molar-refractivity contribution in [2.24, 2.45) is 0 Å². The van der Waals surface area contributed by atoms with Gasteiger partial charge in [-0.3, -0.25) is 4.79 Å². The van der Waals surface area contributed by atoms with E-state index >= 15 is 0 Å². The second-order valence-corrected chi connectivity index (χ2v) is 5.61. The molecule has 0 unspecified atom stereocenters. The molecule has 0 saturated carbocycles. The van der Waals surface area contributed by atoms with Crippen LogP contribution in [0.2, 0.25) is 0 Å². The average molecular weight is 286 g/mol. The lowest BCUT2D eigenvalue weighted by Gasteiger charge is -2.05. The minimum atomic E-state index is -0.425. The first-order chi connectivity index (χ1) is 9.61. The van der Waals surface area contributed by atoms with Gasteiger partial charge in [0.15, 0.2) is 0 Å². The summed E-state index contributed by atoms with van der Waals surface area (Å²) in [7, 11) is 0. The van der Waals surface area contributed by atoms with E-state index in [0.717, 1.165) is 15.2 Å². The zero-order valence-electron chi connectivity index (χ0n) is 10.7. The van der Waals surface area contributed by atoms with Crippen LogP contribution in [0.25, 0.3) is 10.2 Å². The van der Waals surface area contributed by atoms with Gasteiger partial charge in [-0.15, -0.1) is 11.3 Å². The maximum absolute atomic E-state index is 13.1. The molecule has 1 heterocycles. The van der Waals surface area contributed by atoms with E-state index in [1.165, 1.54) is 18.2 Å². The van der Waals surface area contributed by atoms with Gasteiger partial charge in [0.1, 0.15) is 5.82 Å². The number of fused-ring (bicyclic) bond motifs is 1. The van der Waals surface area contributed by atoms with Gasteiger partial charge in [-0.1, -0.05) is 6.07 Å². The Morgan fingerprint density at radius 1 is 1.25 bits per heavy atom. The monoisotopic (exact) mass is 286 g/mol. The van der Waals surface area contributed by atoms with Crippen LogP contribution in [-0.2, 0) is 0 Å². The first-order valence-electron chi connectivity index (χ1n) is 6.06. The Hall–Kier alpha value is -2.27. The van der Waals surface area contributed by atoms with Gasteiger partial charge >= 0.3 is 0 Å². The number of nitrogens with one attached hydrogen (secondary N) is 1. The van der Waals surface area contributed by atoms with Gasteiger partial charge in [-0.25, -0.2) is 9.37 Å². The topological polar surface area (TPSA) is 42.0 Å². The molecule has 1 N–H and O–H groups in total. The molecule has 3 rings (SSSR count). The predicted octanol–water partition coefficient (Wildman–Crippen LogP) is 4.00. The van der Waals surface area contributed by atoms with Crippen molar-refractivity contribution in [3.63, 3.8) is 0 Å². The highest BCUT2D eigenvalue weighted by atomic mass is 32.1. The summed E-state index contributed by atoms with van der Waals surface area (Å²) in [5, 5.41) is 3.74. The molecule has 2 aromatic carbocycles. The maximum Gasteiger partial charge on any atom is 0.255 e. The zero-order chi connectivity index (χ0) is 14.1. The van der Waals surface area contributed by atoms with Crippen molar-refractivity contribution in [3.8, 4) is 0 Å². The Kier molecular flexibility index (Phi) is 3.20. The van der Waals surface area contributed by atoms with Gasteiger partial charge in [-0.05, 0) is 43.3 Å². The highest BCUT2D eigenvalue weighted by molar-refractivity contribution is 7.18. The highest BCUT2D eigenvalue weighted by Crippen LogP contribution is 2.25. The molecule has 0 bridgehead atoms. The summed E-state index contributed by atoms with van der Waals surface area (Å²) >= 11 is 1.57. The van der Waals surface area contributed by atoms with Crippen molar-refractivity contribution in [1.82, 2.24) is 4.98 Å². The van der Waals surface area contributed by atoms with Gasteiger partial charge in [0.25, 0.3) is 5.91 Å². The number of hydrogen-bond acceptors (Lipinski definition) is 3. The number of carbonyl (C=O) groups is 1. The molecular formula is C15H11FN2OS. The summed E-state index contributed by atoms with van der Waals surface area (Å²) in [5.74, 6) is -0.753. The van der Waals surface area contributed by atoms with Crippen LogP contribution >= 0.6 is 11.3 Å². The number of rotatable bonds is 2. The van der Waals surface area contributed by atoms with E-state index in [2.05, 4.69) is 10.3 Å². The first-order valence-corrected chi connectivity index (χ1v) is 6.87. The highest BCUT2D eigenvalue weighted by Gasteiger charge is 2.08. The third kappa shape index (κ3) is 2.53. The zero-order valence-corrected chi connectivity index (χ0v) is 11.5. The third-order valence-corrected chi connectivity index (χ3v) is 3.77. The number of aromatic nitrogens is 1. The number of benzene rings is 2. The summed E-state index contributed by atoms with van der Waals surface area (Å²) in [6, 6.07) is 11.1. The molecule has 0 aliphatic heterocycles. The van der Waals surface area contributed by atoms with E-state index < -0.39 is 5.82 Å². The molecule has 1 amide bonds. The number of nitrogens with zero attached hydrogens (tertiary/aromatic N) is 1. The van der Waals surface area contributed by atoms with E-state index in [4.69, 9.17) is 0 Å². The minimum absolute atomic E-state index is 0.297. The van der Waals surface area contributed by atoms with Gasteiger partial charge in [0.2, 0.25) is 0 Å². The molecule has 0 aliphatic rings. The molecule has 3 aromatic rings. The normalized spacial score (nSPS) is 10.7. The largest absolute Gasteiger partial charge is 0.322 e. The molecule has 0 saturated heterocycles. The van der Waals surface area contributed by atoms with E-state index in [0.29, 0.717) is 11.3 Å². The fourth-order valence-electron chi connectivity index (χ4n) is 1.95. The number of aryl methyl sites for hydroxylation is 1. The molecule has 100 valence electrons. The molecule has 0 atom stereocenters. The number of amides is 1. The van der Waals surface area contributed by atoms with Crippen molar-refractivity contribution < 1.29 is 9.18 Å². The molecule has 0 fully saturated rings. The molecule has 1 aromatic heterocycles. The molecular weight excluding hydrogens is 275 g/mol. The van der Waals surface area contributed by atoms with Crippen LogP contribution in [0.3, 0.4) is 0 Å². The van der Waals surface area contributed by atoms with Crippen molar-refractivity contribution in [3.05, 3.63) is 58.9 Å². The third-order valence-electron chi connectivity index (χ3n) is 2.84. The summed E-state index contributed by atoms with van der Waals surface area (Å²) in [6.45, 7) is 1.94. The van der Waals surface area contributed by atoms with Crippen LogP contribution in [-0.4, -0.2) is 10.9 Å². The fourth-order valence-corrected chi connectivity index (χ4v) is 2.82. The second kappa shape index (κ2) is 5.02. The van der Waals surface area contributed by atoms with Gasteiger partial charge in [0.05, 0.1) is 15.2 Å². The van der Waals surface area contributed by atoms with Crippen LogP contribution in [0.1, 0.15) is 15.4 Å². The summed E-state index contributed by atoms with van der Waals surface area (Å²) < 4.78 is 14.1. The lowest BCUT2D eigenvalue weighted by Crippen LogP contribution is -2.11. The Labute approximate surface area is 119 Å². The molecule has 20 heavy (non-hydrogen) atoms. The SMILES string of the molecule is Cc1nc2ccc(NC(=O)c3cccc(F)c3)cc2s1. The molecule has 0 spiro atoms. The van der Waals surface area contributed by atoms with E-state index in [1.54, 1.807) is 23.5 Å². The van der Waals surface area contributed by atoms with Crippen LogP contribution < -0.4 is 5.32 Å². The molecule has 5 heteroatoms. The van der Waals surface area contributed by atoms with Crippen molar-refractivity contribution >= 4 is 33.1 Å². The Morgan fingerprint density at radius 3 is 2.90 bits per heavy atom. The fraction of sp³-hybridized carbons (Fsp3) is 0.0667. The van der Waals surface area contributed by atoms with Crippen LogP contribution in [0, 0.1) is 12.7 Å². The van der Waals surface area contributed by atoms with E-state index in [9.17, 15) is 9.18 Å². The number of halogens is 1. The second-order valence-electron chi connectivity index (χ2n) is 4.38. The first kappa shape index (κ1) is 12.7. The van der Waals surface area contributed by atoms with Crippen molar-refractivity contribution in [1.29, 1.82) is 0 Å². The Bertz CT molecular complexity index is 797. The van der Waals surface area contributed by atoms with Gasteiger partial charge in [0, 0.05) is 11.3 Å². The summed E-state index contributed by atoms with van der Waals surface area (Å²) in [5.41, 5.74) is 1.89. The van der Waals surface area contributed by atoms with Crippen molar-refractivity contribution in [2.45, 2.75) is 6.92 Å². The van der Waals surface area contributed by atoms with Gasteiger partial charge < -0.3 is 5.32 Å². The van der Waals surface area contributed by atoms with Crippen LogP contribution in [0.15, 0.2) is 42.5 Å². The standard InChI is InChI=1S/C15H11FN2OS/c1-9-17-13-6-5-12(8-14(13)20-9)18-15(19)10-3-2-4-11(16)7-10/h2-8H,1H3,(H,18,19). The van der Waals surface area contributed by atoms with E-state index in [1.807, 2.05) is 19.1 Å². The molecule has 0 radical (unpaired) electrons.